The third kappa shape index (κ3) is 42.7. The van der Waals surface area contributed by atoms with E-state index in [1.807, 2.05) is 0 Å². The minimum Gasteiger partial charge on any atom is -0.394 e. The summed E-state index contributed by atoms with van der Waals surface area (Å²) in [6.07, 6.45) is 1.46. The van der Waals surface area contributed by atoms with E-state index in [1.54, 1.807) is 6.92 Å². The van der Waals surface area contributed by atoms with Gasteiger partial charge in [-0.3, -0.25) is 0 Å². The first-order valence-corrected chi connectivity index (χ1v) is 6.79. The highest BCUT2D eigenvalue weighted by atomic mass is 16.5. The lowest BCUT2D eigenvalue weighted by Gasteiger charge is -2.07. The molecule has 0 radical (unpaired) electrons. The van der Waals surface area contributed by atoms with Gasteiger partial charge in [0.1, 0.15) is 0 Å². The number of nitrogens with zero attached hydrogens (tertiary/aromatic N) is 4. The van der Waals surface area contributed by atoms with Crippen molar-refractivity contribution in [3.63, 3.8) is 0 Å². The highest BCUT2D eigenvalue weighted by Crippen LogP contribution is 1.84. The van der Waals surface area contributed by atoms with Crippen LogP contribution >= 0.6 is 0 Å². The molecule has 0 saturated carbocycles. The van der Waals surface area contributed by atoms with Crippen molar-refractivity contribution in [1.82, 2.24) is 0 Å². The number of nitrogens with one attached hydrogen (secondary N) is 2. The second-order valence-corrected chi connectivity index (χ2v) is 3.66. The zero-order chi connectivity index (χ0) is 18.9. The Hall–Kier alpha value is -2.06. The number of hydrogen-bond donors (Lipinski definition) is 6. The first-order valence-electron chi connectivity index (χ1n) is 6.79. The molecular formula is C11H28N8O5. The van der Waals surface area contributed by atoms with E-state index < -0.39 is 6.10 Å². The summed E-state index contributed by atoms with van der Waals surface area (Å²) in [5.74, 6) is 8.99. The van der Waals surface area contributed by atoms with Crippen molar-refractivity contribution in [1.29, 1.82) is 11.1 Å². The van der Waals surface area contributed by atoms with Gasteiger partial charge in [-0.2, -0.15) is 10.2 Å². The molecule has 13 nitrogen and oxygen atoms in total. The molecular weight excluding hydrogens is 324 g/mol. The lowest BCUT2D eigenvalue weighted by Crippen LogP contribution is -2.15. The van der Waals surface area contributed by atoms with E-state index in [4.69, 9.17) is 35.5 Å². The first kappa shape index (κ1) is 26.8. The van der Waals surface area contributed by atoms with Crippen molar-refractivity contribution in [2.45, 2.75) is 13.0 Å². The van der Waals surface area contributed by atoms with Crippen LogP contribution in [0.15, 0.2) is 20.4 Å². The monoisotopic (exact) mass is 352 g/mol. The molecule has 0 rings (SSSR count). The third-order valence-corrected chi connectivity index (χ3v) is 1.59. The van der Waals surface area contributed by atoms with Crippen molar-refractivity contribution in [2.75, 3.05) is 46.2 Å². The van der Waals surface area contributed by atoms with Crippen LogP contribution in [-0.4, -0.2) is 75.2 Å². The van der Waals surface area contributed by atoms with Crippen LogP contribution < -0.4 is 11.7 Å². The molecule has 0 aliphatic heterocycles. The molecule has 24 heavy (non-hydrogen) atoms. The molecule has 142 valence electrons. The van der Waals surface area contributed by atoms with Crippen LogP contribution in [0.4, 0.5) is 0 Å². The summed E-state index contributed by atoms with van der Waals surface area (Å²) in [6.45, 7) is 4.35. The van der Waals surface area contributed by atoms with Gasteiger partial charge in [0.15, 0.2) is 12.7 Å². The second-order valence-electron chi connectivity index (χ2n) is 3.66. The van der Waals surface area contributed by atoms with E-state index in [0.717, 1.165) is 12.7 Å². The van der Waals surface area contributed by atoms with E-state index >= 15 is 0 Å². The van der Waals surface area contributed by atoms with Gasteiger partial charge >= 0.3 is 0 Å². The fraction of sp³-hybridized carbons (Fsp3) is 0.818. The SMILES string of the molecule is CC(O)COCCOCCOCCO.N=NC=NN.N=NC=NN. The quantitative estimate of drug-likeness (QED) is 0.0658. The van der Waals surface area contributed by atoms with Crippen LogP contribution in [0.3, 0.4) is 0 Å². The van der Waals surface area contributed by atoms with Gasteiger partial charge in [0, 0.05) is 0 Å². The normalized spacial score (nSPS) is 11.3. The Labute approximate surface area is 140 Å². The van der Waals surface area contributed by atoms with E-state index in [0.29, 0.717) is 39.6 Å². The number of nitrogens with two attached hydrogens (primary N) is 2. The maximum absolute atomic E-state index is 8.84. The van der Waals surface area contributed by atoms with Gasteiger partial charge in [-0.05, 0) is 6.92 Å². The van der Waals surface area contributed by atoms with E-state index in [2.05, 4.69) is 32.1 Å². The van der Waals surface area contributed by atoms with Crippen LogP contribution in [0, 0.1) is 11.1 Å². The molecule has 0 heterocycles. The van der Waals surface area contributed by atoms with E-state index in [-0.39, 0.29) is 6.61 Å². The molecule has 0 spiro atoms. The summed E-state index contributed by atoms with van der Waals surface area (Å²) < 4.78 is 15.2. The summed E-state index contributed by atoms with van der Waals surface area (Å²) in [4.78, 5) is 0. The van der Waals surface area contributed by atoms with Gasteiger partial charge in [0.2, 0.25) is 0 Å². The predicted octanol–water partition coefficient (Wildman–Crippen LogP) is -0.752. The Bertz CT molecular complexity index is 288. The zero-order valence-corrected chi connectivity index (χ0v) is 13.7. The van der Waals surface area contributed by atoms with Gasteiger partial charge in [0.05, 0.1) is 52.4 Å². The van der Waals surface area contributed by atoms with Crippen LogP contribution in [0.2, 0.25) is 0 Å². The maximum Gasteiger partial charge on any atom is 0.156 e. The summed E-state index contributed by atoms with van der Waals surface area (Å²) >= 11 is 0. The summed E-state index contributed by atoms with van der Waals surface area (Å²) in [6, 6.07) is 0. The van der Waals surface area contributed by atoms with Crippen LogP contribution in [0.5, 0.6) is 0 Å². The molecule has 0 aliphatic carbocycles. The lowest BCUT2D eigenvalue weighted by atomic mass is 10.4. The van der Waals surface area contributed by atoms with Crippen molar-refractivity contribution in [3.8, 4) is 0 Å². The largest absolute Gasteiger partial charge is 0.394 e. The molecule has 1 atom stereocenters. The second kappa shape index (κ2) is 29.0. The van der Waals surface area contributed by atoms with Crippen molar-refractivity contribution >= 4 is 12.7 Å². The van der Waals surface area contributed by atoms with Crippen LogP contribution in [0.25, 0.3) is 0 Å². The molecule has 0 aliphatic rings. The Morgan fingerprint density at radius 1 is 0.917 bits per heavy atom. The molecule has 0 aromatic carbocycles. The molecule has 0 aromatic heterocycles. The van der Waals surface area contributed by atoms with E-state index in [1.165, 1.54) is 0 Å². The van der Waals surface area contributed by atoms with Gasteiger partial charge in [-0.15, -0.1) is 10.2 Å². The molecule has 13 heteroatoms. The topological polar surface area (TPSA) is 217 Å². The Morgan fingerprint density at radius 2 is 1.33 bits per heavy atom. The molecule has 0 fully saturated rings. The number of hydrogen-bond acceptors (Lipinski definition) is 11. The molecule has 0 saturated heterocycles. The smallest absolute Gasteiger partial charge is 0.156 e. The predicted molar refractivity (Wildman–Crippen MR) is 86.9 cm³/mol. The van der Waals surface area contributed by atoms with Crippen LogP contribution in [0.1, 0.15) is 6.92 Å². The number of aliphatic hydroxyl groups excluding tert-OH is 2. The van der Waals surface area contributed by atoms with Crippen molar-refractivity contribution in [2.24, 2.45) is 32.1 Å². The summed E-state index contributed by atoms with van der Waals surface area (Å²) in [7, 11) is 0. The number of hydrazone groups is 2. The Kier molecular flexibility index (Phi) is 32.4. The average Bonchev–Trinajstić information content (AvgIpc) is 2.56. The number of rotatable bonds is 12. The molecule has 0 amide bonds. The number of aliphatic hydroxyl groups is 2. The zero-order valence-electron chi connectivity index (χ0n) is 13.7. The average molecular weight is 352 g/mol. The molecule has 1 unspecified atom stereocenters. The van der Waals surface area contributed by atoms with Gasteiger partial charge in [0.25, 0.3) is 0 Å². The Balaban J connectivity index is -0.000000361. The first-order chi connectivity index (χ1) is 11.6. The van der Waals surface area contributed by atoms with Gasteiger partial charge in [-0.25, -0.2) is 11.1 Å². The highest BCUT2D eigenvalue weighted by molar-refractivity contribution is 5.53. The fourth-order valence-electron chi connectivity index (χ4n) is 0.825. The minimum atomic E-state index is -0.428. The molecule has 8 N–H and O–H groups in total. The Morgan fingerprint density at radius 3 is 1.62 bits per heavy atom. The highest BCUT2D eigenvalue weighted by Gasteiger charge is 1.94. The maximum atomic E-state index is 8.84. The number of ether oxygens (including phenoxy) is 3. The van der Waals surface area contributed by atoms with Gasteiger partial charge in [-0.1, -0.05) is 0 Å². The lowest BCUT2D eigenvalue weighted by molar-refractivity contribution is -0.00922. The van der Waals surface area contributed by atoms with Crippen molar-refractivity contribution in [3.05, 3.63) is 0 Å². The third-order valence-electron chi connectivity index (χ3n) is 1.59. The molecule has 0 bridgehead atoms. The van der Waals surface area contributed by atoms with Crippen molar-refractivity contribution < 1.29 is 24.4 Å². The van der Waals surface area contributed by atoms with E-state index in [9.17, 15) is 0 Å². The summed E-state index contributed by atoms with van der Waals surface area (Å²) in [5, 5.41) is 28.3. The van der Waals surface area contributed by atoms with Gasteiger partial charge < -0.3 is 36.1 Å². The standard InChI is InChI=1S/C9H20O5.2CH4N4/c1-9(11)8-14-7-6-13-5-4-12-3-2-10;2*2-4-1-5-3/h9-11H,2-8H2,1H3;2*1-2H,3H2. The van der Waals surface area contributed by atoms with Crippen LogP contribution in [-0.2, 0) is 14.2 Å². The summed E-state index contributed by atoms with van der Waals surface area (Å²) in [5.41, 5.74) is 12.0. The fourth-order valence-corrected chi connectivity index (χ4v) is 0.825. The molecule has 0 aromatic rings. The minimum absolute atomic E-state index is 0.0392.